The van der Waals surface area contributed by atoms with E-state index in [9.17, 15) is 9.18 Å². The highest BCUT2D eigenvalue weighted by atomic mass is 19.1. The number of carbonyl (C=O) groups excluding carboxylic acids is 1. The van der Waals surface area contributed by atoms with Gasteiger partial charge in [0.2, 0.25) is 0 Å². The summed E-state index contributed by atoms with van der Waals surface area (Å²) in [6.07, 6.45) is 0. The first-order valence-electron chi connectivity index (χ1n) is 4.59. The number of benzene rings is 1. The van der Waals surface area contributed by atoms with E-state index in [0.717, 1.165) is 0 Å². The highest BCUT2D eigenvalue weighted by Gasteiger charge is 2.06. The molecule has 1 rings (SSSR count). The van der Waals surface area contributed by atoms with Gasteiger partial charge in [-0.2, -0.15) is 5.11 Å². The molecule has 0 spiro atoms. The minimum Gasteiger partial charge on any atom is -0.510 e. The van der Waals surface area contributed by atoms with Gasteiger partial charge in [-0.1, -0.05) is 6.07 Å². The number of rotatable bonds is 3. The molecule has 5 heteroatoms. The van der Waals surface area contributed by atoms with E-state index in [1.165, 1.54) is 38.1 Å². The summed E-state index contributed by atoms with van der Waals surface area (Å²) in [6.45, 7) is 2.60. The number of aliphatic hydroxyl groups is 1. The molecule has 1 aromatic carbocycles. The quantitative estimate of drug-likeness (QED) is 0.484. The summed E-state index contributed by atoms with van der Waals surface area (Å²) in [7, 11) is 0. The number of hydrogen-bond donors (Lipinski definition) is 1. The summed E-state index contributed by atoms with van der Waals surface area (Å²) in [4.78, 5) is 11.0. The number of Topliss-reactive ketones (excluding diaryl/α,β-unsaturated/α-hetero) is 1. The van der Waals surface area contributed by atoms with Crippen LogP contribution in [0.2, 0.25) is 0 Å². The van der Waals surface area contributed by atoms with E-state index >= 15 is 0 Å². The Morgan fingerprint density at radius 3 is 2.56 bits per heavy atom. The van der Waals surface area contributed by atoms with Gasteiger partial charge in [0, 0.05) is 13.0 Å². The second kappa shape index (κ2) is 5.16. The zero-order valence-electron chi connectivity index (χ0n) is 8.94. The lowest BCUT2D eigenvalue weighted by atomic mass is 10.3. The van der Waals surface area contributed by atoms with Gasteiger partial charge in [0.25, 0.3) is 0 Å². The van der Waals surface area contributed by atoms with Gasteiger partial charge in [0.15, 0.2) is 11.5 Å². The van der Waals surface area contributed by atoms with Gasteiger partial charge in [-0.05, 0) is 19.1 Å². The summed E-state index contributed by atoms with van der Waals surface area (Å²) in [5.41, 5.74) is 0.143. The van der Waals surface area contributed by atoms with E-state index in [4.69, 9.17) is 5.11 Å². The van der Waals surface area contributed by atoms with Crippen molar-refractivity contribution >= 4 is 11.5 Å². The van der Waals surface area contributed by atoms with Crippen LogP contribution in [0.15, 0.2) is 46.0 Å². The van der Waals surface area contributed by atoms with Crippen LogP contribution in [0.25, 0.3) is 0 Å². The van der Waals surface area contributed by atoms with Crippen LogP contribution in [0.5, 0.6) is 0 Å². The average molecular weight is 222 g/mol. The van der Waals surface area contributed by atoms with Gasteiger partial charge in [0.05, 0.1) is 5.69 Å². The number of hydrogen-bond acceptors (Lipinski definition) is 4. The lowest BCUT2D eigenvalue weighted by molar-refractivity contribution is -0.113. The summed E-state index contributed by atoms with van der Waals surface area (Å²) in [5.74, 6) is -1.06. The molecule has 0 aromatic heterocycles. The summed E-state index contributed by atoms with van der Waals surface area (Å²) < 4.78 is 12.8. The molecule has 0 saturated heterocycles. The molecule has 84 valence electrons. The largest absolute Gasteiger partial charge is 0.510 e. The SMILES string of the molecule is CC(=O)/C(N=Nc1cccc(F)c1)=C(\C)O. The number of aliphatic hydroxyl groups excluding tert-OH is 1. The van der Waals surface area contributed by atoms with Crippen molar-refractivity contribution in [2.75, 3.05) is 0 Å². The minimum absolute atomic E-state index is 0.135. The molecule has 1 aromatic rings. The summed E-state index contributed by atoms with van der Waals surface area (Å²) >= 11 is 0. The fourth-order valence-corrected chi connectivity index (χ4v) is 1.04. The van der Waals surface area contributed by atoms with Crippen molar-refractivity contribution in [1.82, 2.24) is 0 Å². The van der Waals surface area contributed by atoms with Crippen LogP contribution >= 0.6 is 0 Å². The maximum absolute atomic E-state index is 12.8. The van der Waals surface area contributed by atoms with Crippen LogP contribution in [0, 0.1) is 5.82 Å². The molecular formula is C11H11FN2O2. The molecule has 0 aliphatic rings. The fraction of sp³-hybridized carbons (Fsp3) is 0.182. The van der Waals surface area contributed by atoms with Crippen molar-refractivity contribution in [2.45, 2.75) is 13.8 Å². The number of azo groups is 1. The molecule has 0 fully saturated rings. The van der Waals surface area contributed by atoms with Gasteiger partial charge >= 0.3 is 0 Å². The molecule has 0 amide bonds. The molecule has 0 atom stereocenters. The fourth-order valence-electron chi connectivity index (χ4n) is 1.04. The highest BCUT2D eigenvalue weighted by molar-refractivity contribution is 5.93. The highest BCUT2D eigenvalue weighted by Crippen LogP contribution is 2.16. The van der Waals surface area contributed by atoms with E-state index in [-0.39, 0.29) is 17.1 Å². The predicted octanol–water partition coefficient (Wildman–Crippen LogP) is 3.29. The van der Waals surface area contributed by atoms with Crippen LogP contribution in [0.3, 0.4) is 0 Å². The Morgan fingerprint density at radius 2 is 2.06 bits per heavy atom. The molecule has 0 heterocycles. The minimum atomic E-state index is -0.439. The Balaban J connectivity index is 2.96. The monoisotopic (exact) mass is 222 g/mol. The molecule has 4 nitrogen and oxygen atoms in total. The molecular weight excluding hydrogens is 211 g/mol. The van der Waals surface area contributed by atoms with E-state index in [1.54, 1.807) is 0 Å². The Labute approximate surface area is 92.1 Å². The smallest absolute Gasteiger partial charge is 0.183 e. The standard InChI is InChI=1S/C11H11FN2O2/c1-7(15)11(8(2)16)14-13-10-5-3-4-9(12)6-10/h3-6,15H,1-2H3/b11-7-,14-13?. The Hall–Kier alpha value is -2.04. The Morgan fingerprint density at radius 1 is 1.38 bits per heavy atom. The van der Waals surface area contributed by atoms with Crippen molar-refractivity contribution < 1.29 is 14.3 Å². The van der Waals surface area contributed by atoms with Gasteiger partial charge in [-0.3, -0.25) is 4.79 Å². The number of nitrogens with zero attached hydrogens (tertiary/aromatic N) is 2. The summed E-state index contributed by atoms with van der Waals surface area (Å²) in [6, 6.07) is 5.47. The third-order valence-corrected chi connectivity index (χ3v) is 1.75. The summed E-state index contributed by atoms with van der Waals surface area (Å²) in [5, 5.41) is 16.4. The third kappa shape index (κ3) is 3.27. The van der Waals surface area contributed by atoms with Crippen molar-refractivity contribution in [3.05, 3.63) is 41.5 Å². The molecule has 0 bridgehead atoms. The lowest BCUT2D eigenvalue weighted by Crippen LogP contribution is -1.96. The topological polar surface area (TPSA) is 62.0 Å². The first-order valence-corrected chi connectivity index (χ1v) is 4.59. The molecule has 16 heavy (non-hydrogen) atoms. The first kappa shape index (κ1) is 12.0. The van der Waals surface area contributed by atoms with Gasteiger partial charge in [-0.25, -0.2) is 4.39 Å². The van der Waals surface area contributed by atoms with Gasteiger partial charge in [-0.15, -0.1) is 5.11 Å². The second-order valence-electron chi connectivity index (χ2n) is 3.17. The molecule has 0 radical (unpaired) electrons. The zero-order chi connectivity index (χ0) is 12.1. The Kier molecular flexibility index (Phi) is 3.88. The van der Waals surface area contributed by atoms with Gasteiger partial charge < -0.3 is 5.11 Å². The molecule has 0 aliphatic heterocycles. The van der Waals surface area contributed by atoms with Crippen molar-refractivity contribution in [3.63, 3.8) is 0 Å². The molecule has 0 unspecified atom stereocenters. The molecule has 0 aliphatic carbocycles. The van der Waals surface area contributed by atoms with Crippen molar-refractivity contribution in [3.8, 4) is 0 Å². The zero-order valence-corrected chi connectivity index (χ0v) is 8.94. The maximum Gasteiger partial charge on any atom is 0.183 e. The lowest BCUT2D eigenvalue weighted by Gasteiger charge is -1.96. The predicted molar refractivity (Wildman–Crippen MR) is 56.9 cm³/mol. The van der Waals surface area contributed by atoms with Crippen molar-refractivity contribution in [2.24, 2.45) is 10.2 Å². The normalized spacial score (nSPS) is 12.7. The van der Waals surface area contributed by atoms with E-state index < -0.39 is 11.6 Å². The Bertz CT molecular complexity index is 463. The van der Waals surface area contributed by atoms with Crippen LogP contribution < -0.4 is 0 Å². The van der Waals surface area contributed by atoms with E-state index in [1.807, 2.05) is 0 Å². The van der Waals surface area contributed by atoms with E-state index in [0.29, 0.717) is 0 Å². The van der Waals surface area contributed by atoms with Crippen LogP contribution in [-0.2, 0) is 4.79 Å². The average Bonchev–Trinajstić information content (AvgIpc) is 2.16. The number of allylic oxidation sites excluding steroid dienone is 2. The van der Waals surface area contributed by atoms with Gasteiger partial charge in [0.1, 0.15) is 11.6 Å². The first-order chi connectivity index (χ1) is 7.50. The second-order valence-corrected chi connectivity index (χ2v) is 3.17. The molecule has 0 saturated carbocycles. The van der Waals surface area contributed by atoms with Crippen LogP contribution in [0.1, 0.15) is 13.8 Å². The maximum atomic E-state index is 12.8. The van der Waals surface area contributed by atoms with Crippen molar-refractivity contribution in [1.29, 1.82) is 0 Å². The number of ketones is 1. The van der Waals surface area contributed by atoms with E-state index in [2.05, 4.69) is 10.2 Å². The number of halogens is 1. The van der Waals surface area contributed by atoms with Crippen LogP contribution in [-0.4, -0.2) is 10.9 Å². The van der Waals surface area contributed by atoms with Crippen LogP contribution in [0.4, 0.5) is 10.1 Å². The number of carbonyl (C=O) groups is 1. The molecule has 1 N–H and O–H groups in total. The third-order valence-electron chi connectivity index (χ3n) is 1.75.